The van der Waals surface area contributed by atoms with Crippen molar-refractivity contribution in [2.24, 2.45) is 17.8 Å². The molecular weight excluding hydrogens is 311 g/mol. The maximum atomic E-state index is 14.2. The van der Waals surface area contributed by atoms with E-state index in [1.165, 1.54) is 32.4 Å². The Hall–Kier alpha value is -0.770. The first kappa shape index (κ1) is 13.2. The maximum absolute atomic E-state index is 14.2. The van der Waals surface area contributed by atoms with Gasteiger partial charge in [0.1, 0.15) is 5.82 Å². The van der Waals surface area contributed by atoms with Crippen LogP contribution in [0, 0.1) is 23.6 Å². The van der Waals surface area contributed by atoms with Gasteiger partial charge in [0.25, 0.3) is 0 Å². The van der Waals surface area contributed by atoms with Crippen LogP contribution in [-0.4, -0.2) is 14.2 Å². The molecule has 3 unspecified atom stereocenters. The highest BCUT2D eigenvalue weighted by molar-refractivity contribution is 9.09. The molecule has 0 spiro atoms. The summed E-state index contributed by atoms with van der Waals surface area (Å²) in [5, 5.41) is 0. The van der Waals surface area contributed by atoms with Crippen LogP contribution in [-0.2, 0) is 0 Å². The van der Waals surface area contributed by atoms with Crippen LogP contribution in [0.15, 0.2) is 12.1 Å². The van der Waals surface area contributed by atoms with E-state index in [-0.39, 0.29) is 10.6 Å². The fourth-order valence-corrected chi connectivity index (χ4v) is 4.12. The second-order valence-corrected chi connectivity index (χ2v) is 6.60. The number of hydrogen-bond acceptors (Lipinski definition) is 2. The second-order valence-electron chi connectivity index (χ2n) is 5.62. The normalized spacial score (nSPS) is 29.8. The van der Waals surface area contributed by atoms with Gasteiger partial charge in [0.05, 0.1) is 14.2 Å². The molecular formula is C15H18BrFO2. The van der Waals surface area contributed by atoms with Gasteiger partial charge in [-0.1, -0.05) is 15.9 Å². The highest BCUT2D eigenvalue weighted by Crippen LogP contribution is 2.59. The van der Waals surface area contributed by atoms with Crippen LogP contribution in [0.25, 0.3) is 0 Å². The van der Waals surface area contributed by atoms with E-state index in [0.717, 1.165) is 11.8 Å². The highest BCUT2D eigenvalue weighted by Gasteiger charge is 2.48. The molecule has 0 bridgehead atoms. The number of rotatable bonds is 4. The Labute approximate surface area is 121 Å². The van der Waals surface area contributed by atoms with Crippen molar-refractivity contribution in [3.63, 3.8) is 0 Å². The van der Waals surface area contributed by atoms with Gasteiger partial charge in [-0.15, -0.1) is 0 Å². The Morgan fingerprint density at radius 1 is 1.11 bits per heavy atom. The summed E-state index contributed by atoms with van der Waals surface area (Å²) in [7, 11) is 3.10. The SMILES string of the molecule is COc1cc(F)c(C(Br)C2CC3CC3C2)cc1OC. The number of ether oxygens (including phenoxy) is 2. The number of halogens is 2. The standard InChI is InChI=1S/C15H18BrFO2/c1-18-13-6-11(12(17)7-14(13)19-2)15(16)10-4-8-3-9(8)5-10/h6-10,15H,3-5H2,1-2H3. The van der Waals surface area contributed by atoms with Crippen molar-refractivity contribution in [3.05, 3.63) is 23.5 Å². The van der Waals surface area contributed by atoms with Gasteiger partial charge in [-0.3, -0.25) is 0 Å². The first-order valence-corrected chi connectivity index (χ1v) is 7.61. The summed E-state index contributed by atoms with van der Waals surface area (Å²) in [6, 6.07) is 3.18. The van der Waals surface area contributed by atoms with E-state index in [2.05, 4.69) is 15.9 Å². The first-order valence-electron chi connectivity index (χ1n) is 6.69. The lowest BCUT2D eigenvalue weighted by atomic mass is 9.94. The van der Waals surface area contributed by atoms with Gasteiger partial charge in [0, 0.05) is 16.5 Å². The van der Waals surface area contributed by atoms with Crippen molar-refractivity contribution >= 4 is 15.9 Å². The van der Waals surface area contributed by atoms with Gasteiger partial charge < -0.3 is 9.47 Å². The second kappa shape index (κ2) is 4.97. The van der Waals surface area contributed by atoms with Gasteiger partial charge in [0.15, 0.2) is 11.5 Å². The molecule has 104 valence electrons. The molecule has 2 nitrogen and oxygen atoms in total. The topological polar surface area (TPSA) is 18.5 Å². The molecule has 2 aliphatic carbocycles. The smallest absolute Gasteiger partial charge is 0.163 e. The minimum atomic E-state index is -0.222. The van der Waals surface area contributed by atoms with Crippen molar-refractivity contribution in [2.75, 3.05) is 14.2 Å². The first-order chi connectivity index (χ1) is 9.13. The average Bonchev–Trinajstić information content (AvgIpc) is 3.04. The van der Waals surface area contributed by atoms with Crippen LogP contribution in [0.3, 0.4) is 0 Å². The minimum absolute atomic E-state index is 0.0695. The van der Waals surface area contributed by atoms with Gasteiger partial charge in [-0.05, 0) is 43.1 Å². The predicted octanol–water partition coefficient (Wildman–Crippen LogP) is 4.33. The van der Waals surface area contributed by atoms with Gasteiger partial charge in [0.2, 0.25) is 0 Å². The maximum Gasteiger partial charge on any atom is 0.163 e. The van der Waals surface area contributed by atoms with E-state index < -0.39 is 0 Å². The van der Waals surface area contributed by atoms with Crippen LogP contribution in [0.1, 0.15) is 29.7 Å². The van der Waals surface area contributed by atoms with Crippen molar-refractivity contribution < 1.29 is 13.9 Å². The molecule has 19 heavy (non-hydrogen) atoms. The minimum Gasteiger partial charge on any atom is -0.493 e. The third kappa shape index (κ3) is 2.35. The van der Waals surface area contributed by atoms with Crippen LogP contribution in [0.5, 0.6) is 11.5 Å². The average molecular weight is 329 g/mol. The molecule has 1 aromatic rings. The molecule has 2 fully saturated rings. The number of alkyl halides is 1. The summed E-state index contributed by atoms with van der Waals surface area (Å²) in [6.07, 6.45) is 3.81. The zero-order chi connectivity index (χ0) is 13.6. The molecule has 3 rings (SSSR count). The van der Waals surface area contributed by atoms with E-state index in [0.29, 0.717) is 23.0 Å². The molecule has 0 aromatic heterocycles. The fourth-order valence-electron chi connectivity index (χ4n) is 3.34. The van der Waals surface area contributed by atoms with Gasteiger partial charge in [-0.2, -0.15) is 0 Å². The molecule has 2 saturated carbocycles. The Bertz CT molecular complexity index is 481. The van der Waals surface area contributed by atoms with E-state index in [9.17, 15) is 4.39 Å². The Morgan fingerprint density at radius 3 is 2.26 bits per heavy atom. The van der Waals surface area contributed by atoms with Gasteiger partial charge in [-0.25, -0.2) is 4.39 Å². The molecule has 0 aliphatic heterocycles. The largest absolute Gasteiger partial charge is 0.493 e. The number of fused-ring (bicyclic) bond motifs is 1. The zero-order valence-corrected chi connectivity index (χ0v) is 12.7. The quantitative estimate of drug-likeness (QED) is 0.766. The third-order valence-corrected chi connectivity index (χ3v) is 5.73. The molecule has 0 saturated heterocycles. The van der Waals surface area contributed by atoms with E-state index in [1.807, 2.05) is 0 Å². The van der Waals surface area contributed by atoms with Crippen LogP contribution < -0.4 is 9.47 Å². The fraction of sp³-hybridized carbons (Fsp3) is 0.600. The number of benzene rings is 1. The molecule has 4 heteroatoms. The molecule has 1 aromatic carbocycles. The number of methoxy groups -OCH3 is 2. The monoisotopic (exact) mass is 328 g/mol. The lowest BCUT2D eigenvalue weighted by molar-refractivity contribution is 0.350. The Kier molecular flexibility index (Phi) is 3.46. The molecule has 0 N–H and O–H groups in total. The van der Waals surface area contributed by atoms with Crippen LogP contribution >= 0.6 is 15.9 Å². The third-order valence-electron chi connectivity index (χ3n) is 4.49. The molecule has 0 amide bonds. The number of hydrogen-bond donors (Lipinski definition) is 0. The summed E-state index contributed by atoms with van der Waals surface area (Å²) in [5.74, 6) is 3.14. The molecule has 2 aliphatic rings. The summed E-state index contributed by atoms with van der Waals surface area (Å²) in [6.45, 7) is 0. The van der Waals surface area contributed by atoms with Crippen molar-refractivity contribution in [2.45, 2.75) is 24.1 Å². The summed E-state index contributed by atoms with van der Waals surface area (Å²) >= 11 is 3.69. The Morgan fingerprint density at radius 2 is 1.68 bits per heavy atom. The molecule has 3 atom stereocenters. The predicted molar refractivity (Wildman–Crippen MR) is 75.5 cm³/mol. The van der Waals surface area contributed by atoms with E-state index in [4.69, 9.17) is 9.47 Å². The molecule has 0 radical (unpaired) electrons. The lowest BCUT2D eigenvalue weighted by Crippen LogP contribution is -2.08. The van der Waals surface area contributed by atoms with Crippen molar-refractivity contribution in [1.82, 2.24) is 0 Å². The summed E-state index contributed by atoms with van der Waals surface area (Å²) in [4.78, 5) is 0.0695. The summed E-state index contributed by atoms with van der Waals surface area (Å²) < 4.78 is 24.6. The van der Waals surface area contributed by atoms with Crippen LogP contribution in [0.2, 0.25) is 0 Å². The van der Waals surface area contributed by atoms with Crippen LogP contribution in [0.4, 0.5) is 4.39 Å². The lowest BCUT2D eigenvalue weighted by Gasteiger charge is -2.21. The van der Waals surface area contributed by atoms with Gasteiger partial charge >= 0.3 is 0 Å². The van der Waals surface area contributed by atoms with Crippen molar-refractivity contribution in [3.8, 4) is 11.5 Å². The van der Waals surface area contributed by atoms with Crippen molar-refractivity contribution in [1.29, 1.82) is 0 Å². The highest BCUT2D eigenvalue weighted by atomic mass is 79.9. The zero-order valence-electron chi connectivity index (χ0n) is 11.2. The Balaban J connectivity index is 1.86. The summed E-state index contributed by atoms with van der Waals surface area (Å²) in [5.41, 5.74) is 0.684. The van der Waals surface area contributed by atoms with E-state index >= 15 is 0 Å². The van der Waals surface area contributed by atoms with E-state index in [1.54, 1.807) is 13.2 Å². The molecule has 0 heterocycles.